The van der Waals surface area contributed by atoms with Crippen molar-refractivity contribution in [3.63, 3.8) is 0 Å². The van der Waals surface area contributed by atoms with E-state index in [1.54, 1.807) is 0 Å². The fraction of sp³-hybridized carbons (Fsp3) is 0.0833. The quantitative estimate of drug-likeness (QED) is 0.862. The second-order valence-electron chi connectivity index (χ2n) is 3.56. The minimum atomic E-state index is -0.707. The SMILES string of the molecule is COC(=O)c1cnc(Nc2cc(F)cc(F)c2)cn1. The molecule has 7 heteroatoms. The molecule has 0 saturated carbocycles. The van der Waals surface area contributed by atoms with Crippen molar-refractivity contribution in [2.45, 2.75) is 0 Å². The summed E-state index contributed by atoms with van der Waals surface area (Å²) in [6.45, 7) is 0. The summed E-state index contributed by atoms with van der Waals surface area (Å²) in [5, 5.41) is 2.66. The fourth-order valence-electron chi connectivity index (χ4n) is 1.38. The fourth-order valence-corrected chi connectivity index (χ4v) is 1.38. The molecule has 2 rings (SSSR count). The maximum Gasteiger partial charge on any atom is 0.358 e. The van der Waals surface area contributed by atoms with Crippen LogP contribution in [0.1, 0.15) is 10.5 Å². The summed E-state index contributed by atoms with van der Waals surface area (Å²) in [5.74, 6) is -1.78. The summed E-state index contributed by atoms with van der Waals surface area (Å²) >= 11 is 0. The number of carbonyl (C=O) groups is 1. The Morgan fingerprint density at radius 3 is 2.37 bits per heavy atom. The van der Waals surface area contributed by atoms with Gasteiger partial charge in [0.25, 0.3) is 0 Å². The first-order valence-corrected chi connectivity index (χ1v) is 5.22. The Balaban J connectivity index is 2.17. The first kappa shape index (κ1) is 12.9. The Kier molecular flexibility index (Phi) is 3.65. The zero-order valence-corrected chi connectivity index (χ0v) is 9.85. The van der Waals surface area contributed by atoms with Crippen LogP contribution in [-0.4, -0.2) is 23.0 Å². The molecule has 1 aromatic heterocycles. The number of nitrogens with zero attached hydrogens (tertiary/aromatic N) is 2. The Morgan fingerprint density at radius 2 is 1.84 bits per heavy atom. The molecule has 1 N–H and O–H groups in total. The van der Waals surface area contributed by atoms with E-state index in [9.17, 15) is 13.6 Å². The highest BCUT2D eigenvalue weighted by molar-refractivity contribution is 5.86. The van der Waals surface area contributed by atoms with Crippen molar-refractivity contribution in [3.05, 3.63) is 47.9 Å². The number of rotatable bonds is 3. The van der Waals surface area contributed by atoms with Crippen LogP contribution in [0.3, 0.4) is 0 Å². The van der Waals surface area contributed by atoms with Crippen molar-refractivity contribution in [3.8, 4) is 0 Å². The van der Waals surface area contributed by atoms with Gasteiger partial charge in [0.1, 0.15) is 17.5 Å². The second kappa shape index (κ2) is 5.38. The summed E-state index contributed by atoms with van der Waals surface area (Å²) < 4.78 is 30.4. The topological polar surface area (TPSA) is 64.1 Å². The van der Waals surface area contributed by atoms with Crippen molar-refractivity contribution in [1.29, 1.82) is 0 Å². The number of methoxy groups -OCH3 is 1. The number of hydrogen-bond donors (Lipinski definition) is 1. The van der Waals surface area contributed by atoms with Gasteiger partial charge >= 0.3 is 5.97 Å². The van der Waals surface area contributed by atoms with E-state index < -0.39 is 17.6 Å². The zero-order chi connectivity index (χ0) is 13.8. The molecule has 0 atom stereocenters. The lowest BCUT2D eigenvalue weighted by Gasteiger charge is -2.06. The molecule has 1 heterocycles. The Bertz CT molecular complexity index is 582. The number of carbonyl (C=O) groups excluding carboxylic acids is 1. The molecule has 19 heavy (non-hydrogen) atoms. The zero-order valence-electron chi connectivity index (χ0n) is 9.85. The average Bonchev–Trinajstić information content (AvgIpc) is 2.37. The molecule has 0 fully saturated rings. The van der Waals surface area contributed by atoms with E-state index in [4.69, 9.17) is 0 Å². The third-order valence-electron chi connectivity index (χ3n) is 2.18. The van der Waals surface area contributed by atoms with Crippen LogP contribution in [-0.2, 0) is 4.74 Å². The molecule has 0 radical (unpaired) electrons. The highest BCUT2D eigenvalue weighted by Crippen LogP contribution is 2.17. The molecule has 2 aromatic rings. The Morgan fingerprint density at radius 1 is 1.16 bits per heavy atom. The smallest absolute Gasteiger partial charge is 0.358 e. The molecule has 0 unspecified atom stereocenters. The molecule has 0 saturated heterocycles. The van der Waals surface area contributed by atoms with Gasteiger partial charge in [-0.05, 0) is 12.1 Å². The number of nitrogens with one attached hydrogen (secondary N) is 1. The minimum Gasteiger partial charge on any atom is -0.464 e. The van der Waals surface area contributed by atoms with Gasteiger partial charge in [0.15, 0.2) is 5.69 Å². The van der Waals surface area contributed by atoms with Gasteiger partial charge in [-0.25, -0.2) is 23.5 Å². The van der Waals surface area contributed by atoms with Crippen molar-refractivity contribution >= 4 is 17.5 Å². The third kappa shape index (κ3) is 3.21. The number of benzene rings is 1. The number of ether oxygens (including phenoxy) is 1. The van der Waals surface area contributed by atoms with Crippen LogP contribution in [0, 0.1) is 11.6 Å². The molecule has 0 aliphatic rings. The van der Waals surface area contributed by atoms with Gasteiger partial charge < -0.3 is 10.1 Å². The summed E-state index contributed by atoms with van der Waals surface area (Å²) in [6.07, 6.45) is 2.46. The Hall–Kier alpha value is -2.57. The van der Waals surface area contributed by atoms with E-state index >= 15 is 0 Å². The summed E-state index contributed by atoms with van der Waals surface area (Å²) in [4.78, 5) is 18.8. The number of esters is 1. The normalized spacial score (nSPS) is 10.1. The molecular formula is C12H9F2N3O2. The molecule has 5 nitrogen and oxygen atoms in total. The lowest BCUT2D eigenvalue weighted by Crippen LogP contribution is -2.05. The van der Waals surface area contributed by atoms with Crippen molar-refractivity contribution in [2.24, 2.45) is 0 Å². The lowest BCUT2D eigenvalue weighted by atomic mass is 10.3. The minimum absolute atomic E-state index is 0.0403. The average molecular weight is 265 g/mol. The van der Waals surface area contributed by atoms with Gasteiger partial charge in [-0.3, -0.25) is 0 Å². The van der Waals surface area contributed by atoms with E-state index in [0.717, 1.165) is 18.2 Å². The summed E-state index contributed by atoms with van der Waals surface area (Å²) in [7, 11) is 1.23. The first-order valence-electron chi connectivity index (χ1n) is 5.22. The summed E-state index contributed by atoms with van der Waals surface area (Å²) in [5.41, 5.74) is 0.232. The summed E-state index contributed by atoms with van der Waals surface area (Å²) in [6, 6.07) is 2.98. The van der Waals surface area contributed by atoms with E-state index in [1.165, 1.54) is 19.5 Å². The van der Waals surface area contributed by atoms with Gasteiger partial charge in [-0.15, -0.1) is 0 Å². The number of aromatic nitrogens is 2. The van der Waals surface area contributed by atoms with Gasteiger partial charge in [0.05, 0.1) is 19.5 Å². The number of anilines is 2. The van der Waals surface area contributed by atoms with Crippen LogP contribution in [0.2, 0.25) is 0 Å². The second-order valence-corrected chi connectivity index (χ2v) is 3.56. The van der Waals surface area contributed by atoms with Crippen molar-refractivity contribution in [2.75, 3.05) is 12.4 Å². The van der Waals surface area contributed by atoms with Crippen LogP contribution >= 0.6 is 0 Å². The molecule has 0 bridgehead atoms. The van der Waals surface area contributed by atoms with Gasteiger partial charge in [0.2, 0.25) is 0 Å². The Labute approximate surface area is 107 Å². The monoisotopic (exact) mass is 265 g/mol. The van der Waals surface area contributed by atoms with Crippen LogP contribution in [0.4, 0.5) is 20.3 Å². The van der Waals surface area contributed by atoms with E-state index in [-0.39, 0.29) is 17.2 Å². The molecule has 98 valence electrons. The van der Waals surface area contributed by atoms with Crippen LogP contribution in [0.15, 0.2) is 30.6 Å². The molecule has 0 aliphatic heterocycles. The van der Waals surface area contributed by atoms with Crippen LogP contribution < -0.4 is 5.32 Å². The molecule has 0 spiro atoms. The lowest BCUT2D eigenvalue weighted by molar-refractivity contribution is 0.0593. The van der Waals surface area contributed by atoms with Gasteiger partial charge in [-0.2, -0.15) is 0 Å². The maximum absolute atomic E-state index is 13.0. The van der Waals surface area contributed by atoms with Crippen molar-refractivity contribution in [1.82, 2.24) is 9.97 Å². The van der Waals surface area contributed by atoms with E-state index in [1.807, 2.05) is 0 Å². The van der Waals surface area contributed by atoms with E-state index in [0.29, 0.717) is 0 Å². The van der Waals surface area contributed by atoms with Gasteiger partial charge in [0, 0.05) is 11.8 Å². The molecular weight excluding hydrogens is 256 g/mol. The van der Waals surface area contributed by atoms with Gasteiger partial charge in [-0.1, -0.05) is 0 Å². The van der Waals surface area contributed by atoms with E-state index in [2.05, 4.69) is 20.0 Å². The standard InChI is InChI=1S/C12H9F2N3O2/c1-19-12(18)10-5-16-11(6-15-10)17-9-3-7(13)2-8(14)4-9/h2-6H,1H3,(H,16,17). The number of hydrogen-bond acceptors (Lipinski definition) is 5. The molecule has 1 aromatic carbocycles. The first-order chi connectivity index (χ1) is 9.08. The predicted molar refractivity (Wildman–Crippen MR) is 63.0 cm³/mol. The third-order valence-corrected chi connectivity index (χ3v) is 2.18. The predicted octanol–water partition coefficient (Wildman–Crippen LogP) is 2.29. The highest BCUT2D eigenvalue weighted by atomic mass is 19.1. The molecule has 0 amide bonds. The number of halogens is 2. The molecule has 0 aliphatic carbocycles. The largest absolute Gasteiger partial charge is 0.464 e. The van der Waals surface area contributed by atoms with Crippen LogP contribution in [0.25, 0.3) is 0 Å². The highest BCUT2D eigenvalue weighted by Gasteiger charge is 2.08. The van der Waals surface area contributed by atoms with Crippen LogP contribution in [0.5, 0.6) is 0 Å². The maximum atomic E-state index is 13.0. The van der Waals surface area contributed by atoms with Crippen molar-refractivity contribution < 1.29 is 18.3 Å².